The molecular weight excluding hydrogens is 839 g/mol. The van der Waals surface area contributed by atoms with E-state index < -0.39 is 51.4 Å². The average Bonchev–Trinajstić information content (AvgIpc) is 3.40. The van der Waals surface area contributed by atoms with Crippen LogP contribution in [0.5, 0.6) is 5.75 Å². The molecule has 1 saturated heterocycles. The standard InChI is InChI=1S/C43H51F4N5O9S/c1-4-13-52(60-5-2)28(3)33-20-32-10-9-31(22-37(32)50-38(48)23-33)30-7-6-8-34(21-30)62(55,56)51-26-29(27-51)25-49-39(53)11-14-57-16-18-59-19-17-58-15-12-40(54)61-43-41(46)35(44)24-36(45)42(43)47/h6-10,20-22,24,29H,3-5,11-19,23,25-27H2,1-2H3,(H2,48,50)(H,49,53). The lowest BCUT2D eigenvalue weighted by molar-refractivity contribution is -0.136. The molecule has 0 bridgehead atoms. The number of hydrogen-bond acceptors (Lipinski definition) is 12. The van der Waals surface area contributed by atoms with Crippen molar-refractivity contribution in [2.24, 2.45) is 16.6 Å². The quantitative estimate of drug-likeness (QED) is 0.0269. The predicted octanol–water partition coefficient (Wildman–Crippen LogP) is 6.04. The highest BCUT2D eigenvalue weighted by molar-refractivity contribution is 7.89. The van der Waals surface area contributed by atoms with Crippen molar-refractivity contribution in [1.29, 1.82) is 0 Å². The molecule has 0 aromatic heterocycles. The number of nitrogens with two attached hydrogens (primary N) is 1. The second-order valence-electron chi connectivity index (χ2n) is 14.3. The lowest BCUT2D eigenvalue weighted by Gasteiger charge is -2.38. The van der Waals surface area contributed by atoms with Gasteiger partial charge in [0.2, 0.25) is 33.3 Å². The number of esters is 1. The van der Waals surface area contributed by atoms with Gasteiger partial charge in [-0.25, -0.2) is 22.2 Å². The van der Waals surface area contributed by atoms with Gasteiger partial charge in [0.1, 0.15) is 5.84 Å². The van der Waals surface area contributed by atoms with E-state index in [4.69, 9.17) is 24.8 Å². The highest BCUT2D eigenvalue weighted by atomic mass is 32.2. The van der Waals surface area contributed by atoms with Crippen LogP contribution in [0.2, 0.25) is 0 Å². The molecule has 3 N–H and O–H groups in total. The summed E-state index contributed by atoms with van der Waals surface area (Å²) in [7, 11) is -3.79. The number of benzene rings is 3. The first kappa shape index (κ1) is 47.9. The molecule has 0 radical (unpaired) electrons. The van der Waals surface area contributed by atoms with E-state index in [9.17, 15) is 35.6 Å². The van der Waals surface area contributed by atoms with Crippen LogP contribution in [0.4, 0.5) is 23.2 Å². The number of hydroxylamine groups is 2. The molecule has 0 saturated carbocycles. The number of carbonyl (C=O) groups is 2. The molecule has 0 atom stereocenters. The summed E-state index contributed by atoms with van der Waals surface area (Å²) in [5.74, 6) is -9.51. The Labute approximate surface area is 358 Å². The maximum absolute atomic E-state index is 13.6. The van der Waals surface area contributed by atoms with Crippen molar-refractivity contribution in [2.75, 3.05) is 72.4 Å². The van der Waals surface area contributed by atoms with Crippen LogP contribution >= 0.6 is 0 Å². The number of nitrogens with zero attached hydrogens (tertiary/aromatic N) is 3. The van der Waals surface area contributed by atoms with E-state index in [0.717, 1.165) is 28.8 Å². The number of amidine groups is 1. The number of aliphatic imine (C=N–C) groups is 1. The monoisotopic (exact) mass is 889 g/mol. The van der Waals surface area contributed by atoms with E-state index in [1.54, 1.807) is 23.3 Å². The summed E-state index contributed by atoms with van der Waals surface area (Å²) < 4.78 is 103. The molecule has 2 aliphatic heterocycles. The van der Waals surface area contributed by atoms with E-state index in [2.05, 4.69) is 28.5 Å². The molecule has 19 heteroatoms. The SMILES string of the molecule is C=C(C1=Cc2ccc(-c3cccc(S(=O)(=O)N4CC(CNC(=O)CCOCCOCCOCCC(=O)Oc5c(F)c(F)cc(F)c5F)C4)c3)cc2N=C(N)C1)N(CCC)OCC. The molecule has 3 aromatic carbocycles. The maximum atomic E-state index is 13.6. The van der Waals surface area contributed by atoms with Gasteiger partial charge in [0.25, 0.3) is 0 Å². The number of rotatable bonds is 24. The van der Waals surface area contributed by atoms with Crippen molar-refractivity contribution in [1.82, 2.24) is 14.7 Å². The molecule has 5 rings (SSSR count). The first-order valence-corrected chi connectivity index (χ1v) is 21.6. The smallest absolute Gasteiger partial charge is 0.313 e. The van der Waals surface area contributed by atoms with Gasteiger partial charge in [0, 0.05) is 56.6 Å². The third kappa shape index (κ3) is 12.9. The highest BCUT2D eigenvalue weighted by Gasteiger charge is 2.37. The Morgan fingerprint density at radius 3 is 2.21 bits per heavy atom. The van der Waals surface area contributed by atoms with Gasteiger partial charge in [-0.3, -0.25) is 19.5 Å². The Hall–Kier alpha value is -5.18. The fraction of sp³-hybridized carbons (Fsp3) is 0.419. The molecule has 336 valence electrons. The normalized spacial score (nSPS) is 14.3. The lowest BCUT2D eigenvalue weighted by atomic mass is 10.0. The third-order valence-corrected chi connectivity index (χ3v) is 11.5. The minimum atomic E-state index is -3.79. The van der Waals surface area contributed by atoms with Crippen molar-refractivity contribution in [3.63, 3.8) is 0 Å². The van der Waals surface area contributed by atoms with Crippen LogP contribution in [0.1, 0.15) is 45.1 Å². The topological polar surface area (TPSA) is 171 Å². The lowest BCUT2D eigenvalue weighted by Crippen LogP contribution is -2.53. The Kier molecular flexibility index (Phi) is 17.6. The van der Waals surface area contributed by atoms with E-state index >= 15 is 0 Å². The average molecular weight is 890 g/mol. The largest absolute Gasteiger partial charge is 0.420 e. The van der Waals surface area contributed by atoms with Crippen LogP contribution in [0.3, 0.4) is 0 Å². The molecule has 3 aromatic rings. The number of sulfonamides is 1. The highest BCUT2D eigenvalue weighted by Crippen LogP contribution is 2.35. The van der Waals surface area contributed by atoms with Gasteiger partial charge in [-0.15, -0.1) is 0 Å². The predicted molar refractivity (Wildman–Crippen MR) is 222 cm³/mol. The number of allylic oxidation sites excluding steroid dienone is 1. The van der Waals surface area contributed by atoms with Crippen molar-refractivity contribution >= 4 is 39.5 Å². The molecule has 2 heterocycles. The molecule has 1 amide bonds. The summed E-state index contributed by atoms with van der Waals surface area (Å²) in [6.45, 7) is 10.8. The number of hydrogen-bond donors (Lipinski definition) is 2. The van der Waals surface area contributed by atoms with Crippen molar-refractivity contribution in [3.8, 4) is 16.9 Å². The second kappa shape index (κ2) is 22.8. The summed E-state index contributed by atoms with van der Waals surface area (Å²) in [6.07, 6.45) is 2.94. The minimum absolute atomic E-state index is 0.00248. The molecule has 0 unspecified atom stereocenters. The molecular formula is C43H51F4N5O9S. The van der Waals surface area contributed by atoms with Gasteiger partial charge in [-0.1, -0.05) is 37.8 Å². The van der Waals surface area contributed by atoms with Gasteiger partial charge in [-0.2, -0.15) is 13.1 Å². The maximum Gasteiger partial charge on any atom is 0.313 e. The molecule has 14 nitrogen and oxygen atoms in total. The van der Waals surface area contributed by atoms with Crippen LogP contribution in [-0.4, -0.2) is 108 Å². The fourth-order valence-electron chi connectivity index (χ4n) is 6.40. The number of ether oxygens (including phenoxy) is 4. The van der Waals surface area contributed by atoms with Gasteiger partial charge >= 0.3 is 5.97 Å². The summed E-state index contributed by atoms with van der Waals surface area (Å²) in [5.41, 5.74) is 11.0. The van der Waals surface area contributed by atoms with E-state index in [1.165, 1.54) is 4.31 Å². The van der Waals surface area contributed by atoms with Crippen molar-refractivity contribution in [3.05, 3.63) is 95.2 Å². The van der Waals surface area contributed by atoms with E-state index in [-0.39, 0.29) is 81.9 Å². The summed E-state index contributed by atoms with van der Waals surface area (Å²) in [5, 5.41) is 4.60. The zero-order valence-electron chi connectivity index (χ0n) is 34.6. The molecule has 1 fully saturated rings. The Morgan fingerprint density at radius 1 is 0.903 bits per heavy atom. The summed E-state index contributed by atoms with van der Waals surface area (Å²) >= 11 is 0. The Morgan fingerprint density at radius 2 is 1.55 bits per heavy atom. The zero-order valence-corrected chi connectivity index (χ0v) is 35.4. The minimum Gasteiger partial charge on any atom is -0.420 e. The fourth-order valence-corrected chi connectivity index (χ4v) is 8.04. The van der Waals surface area contributed by atoms with Crippen molar-refractivity contribution < 1.29 is 59.4 Å². The van der Waals surface area contributed by atoms with Gasteiger partial charge in [0.05, 0.1) is 68.9 Å². The van der Waals surface area contributed by atoms with E-state index in [0.29, 0.717) is 43.2 Å². The van der Waals surface area contributed by atoms with Crippen LogP contribution in [-0.2, 0) is 38.7 Å². The molecule has 62 heavy (non-hydrogen) atoms. The van der Waals surface area contributed by atoms with Gasteiger partial charge in [0.15, 0.2) is 11.6 Å². The van der Waals surface area contributed by atoms with Crippen LogP contribution in [0, 0.1) is 29.2 Å². The van der Waals surface area contributed by atoms with Gasteiger partial charge in [-0.05, 0) is 54.3 Å². The Balaban J connectivity index is 0.967. The number of fused-ring (bicyclic) bond motifs is 1. The number of nitrogens with one attached hydrogen (secondary N) is 1. The molecule has 0 aliphatic carbocycles. The number of amides is 1. The number of halogens is 4. The van der Waals surface area contributed by atoms with Crippen LogP contribution in [0.25, 0.3) is 17.2 Å². The van der Waals surface area contributed by atoms with Crippen LogP contribution < -0.4 is 15.8 Å². The summed E-state index contributed by atoms with van der Waals surface area (Å²) in [6, 6.07) is 12.5. The first-order chi connectivity index (χ1) is 29.7. The van der Waals surface area contributed by atoms with Crippen LogP contribution in [0.15, 0.2) is 76.3 Å². The van der Waals surface area contributed by atoms with E-state index in [1.807, 2.05) is 37.3 Å². The van der Waals surface area contributed by atoms with Crippen molar-refractivity contribution in [2.45, 2.75) is 44.4 Å². The summed E-state index contributed by atoms with van der Waals surface area (Å²) in [4.78, 5) is 34.7. The molecule has 0 spiro atoms. The zero-order chi connectivity index (χ0) is 44.8. The Bertz CT molecular complexity index is 2220. The molecule has 2 aliphatic rings. The number of carbonyl (C=O) groups excluding carboxylic acids is 2. The van der Waals surface area contributed by atoms with Gasteiger partial charge < -0.3 is 30.0 Å². The third-order valence-electron chi connectivity index (χ3n) is 9.65. The first-order valence-electron chi connectivity index (χ1n) is 20.1. The second-order valence-corrected chi connectivity index (χ2v) is 16.3.